The zero-order chi connectivity index (χ0) is 25.4. The average Bonchev–Trinajstić information content (AvgIpc) is 2.83. The minimum atomic E-state index is -0.708. The number of anilines is 1. The molecule has 10 heteroatoms. The fourth-order valence-corrected chi connectivity index (χ4v) is 4.77. The molecule has 180 valence electrons. The van der Waals surface area contributed by atoms with Gasteiger partial charge in [-0.1, -0.05) is 59.6 Å². The first-order valence-electron chi connectivity index (χ1n) is 11.0. The van der Waals surface area contributed by atoms with Crippen LogP contribution in [0.4, 0.5) is 10.2 Å². The molecule has 0 atom stereocenters. The second-order valence-electron chi connectivity index (χ2n) is 8.37. The van der Waals surface area contributed by atoms with Crippen molar-refractivity contribution in [3.05, 3.63) is 109 Å². The van der Waals surface area contributed by atoms with Gasteiger partial charge in [-0.2, -0.15) is 5.26 Å². The molecule has 1 aliphatic heterocycles. The van der Waals surface area contributed by atoms with Gasteiger partial charge in [-0.3, -0.25) is 14.3 Å². The summed E-state index contributed by atoms with van der Waals surface area (Å²) in [6, 6.07) is 17.3. The maximum absolute atomic E-state index is 14.0. The van der Waals surface area contributed by atoms with Crippen molar-refractivity contribution < 1.29 is 4.39 Å². The summed E-state index contributed by atoms with van der Waals surface area (Å²) in [5.74, 6) is -0.173. The van der Waals surface area contributed by atoms with E-state index >= 15 is 0 Å². The van der Waals surface area contributed by atoms with Crippen molar-refractivity contribution >= 4 is 29.0 Å². The van der Waals surface area contributed by atoms with Crippen LogP contribution in [-0.2, 0) is 6.54 Å². The molecule has 3 heterocycles. The number of benzene rings is 2. The molecule has 7 nitrogen and oxygen atoms in total. The summed E-state index contributed by atoms with van der Waals surface area (Å²) in [5.41, 5.74) is 0.363. The Morgan fingerprint density at radius 1 is 1.06 bits per heavy atom. The lowest BCUT2D eigenvalue weighted by molar-refractivity contribution is 0.504. The van der Waals surface area contributed by atoms with Crippen molar-refractivity contribution in [1.82, 2.24) is 14.1 Å². The SMILES string of the molecule is N#CCn1c(N2CC(c3ccccc3)C2)c(-c2ccc(F)c(Cl)c2)c(=O)n(-c2cncc(Cl)c2)c1=O. The van der Waals surface area contributed by atoms with Gasteiger partial charge in [-0.15, -0.1) is 0 Å². The molecule has 5 rings (SSSR count). The molecule has 0 unspecified atom stereocenters. The van der Waals surface area contributed by atoms with Crippen LogP contribution in [0.25, 0.3) is 16.8 Å². The van der Waals surface area contributed by atoms with Gasteiger partial charge in [0.05, 0.1) is 33.6 Å². The smallest absolute Gasteiger partial charge is 0.338 e. The van der Waals surface area contributed by atoms with E-state index in [0.29, 0.717) is 18.7 Å². The molecule has 0 N–H and O–H groups in total. The highest BCUT2D eigenvalue weighted by Crippen LogP contribution is 2.37. The van der Waals surface area contributed by atoms with Gasteiger partial charge in [-0.25, -0.2) is 13.8 Å². The minimum Gasteiger partial charge on any atom is -0.356 e. The van der Waals surface area contributed by atoms with Crippen LogP contribution in [-0.4, -0.2) is 27.2 Å². The molecule has 2 aromatic heterocycles. The van der Waals surface area contributed by atoms with Gasteiger partial charge < -0.3 is 4.90 Å². The predicted octanol–water partition coefficient (Wildman–Crippen LogP) is 4.63. The van der Waals surface area contributed by atoms with Gasteiger partial charge >= 0.3 is 5.69 Å². The Morgan fingerprint density at radius 3 is 2.47 bits per heavy atom. The van der Waals surface area contributed by atoms with Gasteiger partial charge in [0, 0.05) is 25.2 Å². The fraction of sp³-hybridized carbons (Fsp3) is 0.154. The molecule has 1 fully saturated rings. The van der Waals surface area contributed by atoms with Crippen LogP contribution in [0.2, 0.25) is 10.0 Å². The van der Waals surface area contributed by atoms with Crippen molar-refractivity contribution in [1.29, 1.82) is 5.26 Å². The van der Waals surface area contributed by atoms with E-state index in [1.165, 1.54) is 35.2 Å². The Bertz CT molecular complexity index is 1620. The second-order valence-corrected chi connectivity index (χ2v) is 9.21. The first-order chi connectivity index (χ1) is 17.4. The molecule has 0 aliphatic carbocycles. The molecule has 2 aromatic carbocycles. The van der Waals surface area contributed by atoms with Crippen LogP contribution in [0.5, 0.6) is 0 Å². The van der Waals surface area contributed by atoms with Crippen LogP contribution in [0.1, 0.15) is 11.5 Å². The Labute approximate surface area is 215 Å². The summed E-state index contributed by atoms with van der Waals surface area (Å²) >= 11 is 12.1. The van der Waals surface area contributed by atoms with E-state index in [-0.39, 0.29) is 39.6 Å². The summed E-state index contributed by atoms with van der Waals surface area (Å²) in [5, 5.41) is 9.63. The Kier molecular flexibility index (Phi) is 6.35. The summed E-state index contributed by atoms with van der Waals surface area (Å²) < 4.78 is 16.2. The van der Waals surface area contributed by atoms with E-state index in [9.17, 15) is 19.2 Å². The topological polar surface area (TPSA) is 83.9 Å². The normalized spacial score (nSPS) is 13.3. The van der Waals surface area contributed by atoms with E-state index in [2.05, 4.69) is 4.98 Å². The van der Waals surface area contributed by atoms with Crippen LogP contribution >= 0.6 is 23.2 Å². The highest BCUT2D eigenvalue weighted by Gasteiger charge is 2.34. The standard InChI is InChI=1S/C26H18Cl2FN5O2/c27-19-11-20(13-31-12-19)34-25(35)23(17-6-7-22(29)21(28)10-17)24(33(9-8-30)26(34)36)32-14-18(15-32)16-4-2-1-3-5-16/h1-7,10-13,18H,9,14-15H2. The number of rotatable bonds is 5. The maximum Gasteiger partial charge on any atom is 0.338 e. The summed E-state index contributed by atoms with van der Waals surface area (Å²) in [6.07, 6.45) is 2.71. The molecule has 36 heavy (non-hydrogen) atoms. The first kappa shape index (κ1) is 23.8. The predicted molar refractivity (Wildman–Crippen MR) is 137 cm³/mol. The maximum atomic E-state index is 14.0. The van der Waals surface area contributed by atoms with Gasteiger partial charge in [0.25, 0.3) is 5.56 Å². The highest BCUT2D eigenvalue weighted by atomic mass is 35.5. The number of aromatic nitrogens is 3. The van der Waals surface area contributed by atoms with Gasteiger partial charge in [0.1, 0.15) is 18.2 Å². The molecule has 1 aliphatic rings. The second kappa shape index (κ2) is 9.61. The zero-order valence-electron chi connectivity index (χ0n) is 18.7. The van der Waals surface area contributed by atoms with Crippen LogP contribution in [0.15, 0.2) is 76.6 Å². The highest BCUT2D eigenvalue weighted by molar-refractivity contribution is 6.31. The minimum absolute atomic E-state index is 0.123. The van der Waals surface area contributed by atoms with Crippen LogP contribution < -0.4 is 16.1 Å². The Morgan fingerprint density at radius 2 is 1.81 bits per heavy atom. The summed E-state index contributed by atoms with van der Waals surface area (Å²) in [6.45, 7) is 0.745. The van der Waals surface area contributed by atoms with Gasteiger partial charge in [-0.05, 0) is 29.3 Å². The molecule has 1 saturated heterocycles. The number of nitrogens with zero attached hydrogens (tertiary/aromatic N) is 5. The van der Waals surface area contributed by atoms with Crippen molar-refractivity contribution in [2.75, 3.05) is 18.0 Å². The Balaban J connectivity index is 1.76. The molecule has 0 radical (unpaired) electrons. The first-order valence-corrected chi connectivity index (χ1v) is 11.8. The van der Waals surface area contributed by atoms with E-state index in [0.717, 1.165) is 16.2 Å². The van der Waals surface area contributed by atoms with E-state index in [4.69, 9.17) is 23.2 Å². The number of nitriles is 1. The molecular formula is C26H18Cl2FN5O2. The fourth-order valence-electron chi connectivity index (χ4n) is 4.43. The third-order valence-corrected chi connectivity index (χ3v) is 6.65. The third kappa shape index (κ3) is 4.17. The summed E-state index contributed by atoms with van der Waals surface area (Å²) in [7, 11) is 0. The monoisotopic (exact) mass is 521 g/mol. The largest absolute Gasteiger partial charge is 0.356 e. The number of halogens is 3. The van der Waals surface area contributed by atoms with Crippen LogP contribution in [0.3, 0.4) is 0 Å². The van der Waals surface area contributed by atoms with Crippen molar-refractivity contribution in [3.63, 3.8) is 0 Å². The molecule has 0 amide bonds. The summed E-state index contributed by atoms with van der Waals surface area (Å²) in [4.78, 5) is 33.4. The lowest BCUT2D eigenvalue weighted by Gasteiger charge is -2.42. The molecule has 4 aromatic rings. The molecule has 0 saturated carbocycles. The number of hydrogen-bond acceptors (Lipinski definition) is 5. The van der Waals surface area contributed by atoms with Crippen LogP contribution in [0, 0.1) is 17.1 Å². The Hall–Kier alpha value is -3.93. The van der Waals surface area contributed by atoms with E-state index < -0.39 is 17.1 Å². The quantitative estimate of drug-likeness (QED) is 0.382. The molecule has 0 bridgehead atoms. The lowest BCUT2D eigenvalue weighted by atomic mass is 9.91. The van der Waals surface area contributed by atoms with Crippen molar-refractivity contribution in [2.45, 2.75) is 12.5 Å². The van der Waals surface area contributed by atoms with Gasteiger partial charge in [0.2, 0.25) is 0 Å². The average molecular weight is 522 g/mol. The molecule has 0 spiro atoms. The number of hydrogen-bond donors (Lipinski definition) is 0. The molecular weight excluding hydrogens is 504 g/mol. The van der Waals surface area contributed by atoms with E-state index in [1.54, 1.807) is 0 Å². The van der Waals surface area contributed by atoms with Crippen molar-refractivity contribution in [3.8, 4) is 22.9 Å². The number of pyridine rings is 1. The van der Waals surface area contributed by atoms with Crippen molar-refractivity contribution in [2.24, 2.45) is 0 Å². The third-order valence-electron chi connectivity index (χ3n) is 6.16. The zero-order valence-corrected chi connectivity index (χ0v) is 20.2. The van der Waals surface area contributed by atoms with Gasteiger partial charge in [0.15, 0.2) is 0 Å². The van der Waals surface area contributed by atoms with E-state index in [1.807, 2.05) is 41.3 Å². The lowest BCUT2D eigenvalue weighted by Crippen LogP contribution is -2.50.